The van der Waals surface area contributed by atoms with E-state index in [0.29, 0.717) is 32.5 Å². The molecule has 1 amide bonds. The summed E-state index contributed by atoms with van der Waals surface area (Å²) in [5.41, 5.74) is 1.07. The van der Waals surface area contributed by atoms with E-state index < -0.39 is 9.84 Å². The van der Waals surface area contributed by atoms with Gasteiger partial charge in [0.1, 0.15) is 9.84 Å². The van der Waals surface area contributed by atoms with Crippen LogP contribution in [0, 0.1) is 5.92 Å². The number of hydrogen-bond donors (Lipinski definition) is 1. The Morgan fingerprint density at radius 1 is 1.41 bits per heavy atom. The lowest BCUT2D eigenvalue weighted by atomic mass is 10.0. The first-order chi connectivity index (χ1) is 10.4. The van der Waals surface area contributed by atoms with Crippen molar-refractivity contribution in [1.29, 1.82) is 0 Å². The number of likely N-dealkylation sites (N-methyl/N-ethyl adjacent to an activating group) is 1. The van der Waals surface area contributed by atoms with Crippen LogP contribution < -0.4 is 5.32 Å². The largest absolute Gasteiger partial charge is 0.355 e. The Morgan fingerprint density at radius 2 is 2.14 bits per heavy atom. The zero-order valence-electron chi connectivity index (χ0n) is 12.9. The zero-order valence-corrected chi connectivity index (χ0v) is 13.7. The molecule has 1 aromatic heterocycles. The summed E-state index contributed by atoms with van der Waals surface area (Å²) in [7, 11) is -0.946. The van der Waals surface area contributed by atoms with Gasteiger partial charge >= 0.3 is 0 Å². The number of carbonyl (C=O) groups is 1. The topological polar surface area (TPSA) is 79.4 Å². The molecule has 2 rings (SSSR count). The van der Waals surface area contributed by atoms with Gasteiger partial charge in [0.05, 0.1) is 18.1 Å². The molecule has 0 spiro atoms. The summed E-state index contributed by atoms with van der Waals surface area (Å²) in [5.74, 6) is 0.735. The third kappa shape index (κ3) is 5.73. The van der Waals surface area contributed by atoms with E-state index in [1.54, 1.807) is 12.4 Å². The Balaban J connectivity index is 1.67. The van der Waals surface area contributed by atoms with Crippen LogP contribution in [0.1, 0.15) is 18.4 Å². The van der Waals surface area contributed by atoms with Gasteiger partial charge in [-0.05, 0) is 37.4 Å². The van der Waals surface area contributed by atoms with Gasteiger partial charge in [-0.2, -0.15) is 0 Å². The van der Waals surface area contributed by atoms with Crippen molar-refractivity contribution in [2.75, 3.05) is 31.6 Å². The summed E-state index contributed by atoms with van der Waals surface area (Å²) in [5, 5.41) is 2.91. The summed E-state index contributed by atoms with van der Waals surface area (Å²) >= 11 is 0. The minimum Gasteiger partial charge on any atom is -0.355 e. The number of nitrogens with one attached hydrogen (secondary N) is 1. The molecule has 22 heavy (non-hydrogen) atoms. The van der Waals surface area contributed by atoms with Crippen molar-refractivity contribution in [3.05, 3.63) is 30.1 Å². The van der Waals surface area contributed by atoms with Crippen LogP contribution in [-0.2, 0) is 21.2 Å². The summed E-state index contributed by atoms with van der Waals surface area (Å²) in [6.07, 6.45) is 4.81. The first-order valence-corrected chi connectivity index (χ1v) is 9.31. The highest BCUT2D eigenvalue weighted by molar-refractivity contribution is 7.91. The third-order valence-corrected chi connectivity index (χ3v) is 5.57. The van der Waals surface area contributed by atoms with Crippen LogP contribution in [0.5, 0.6) is 0 Å². The Hall–Kier alpha value is -1.47. The fourth-order valence-corrected chi connectivity index (χ4v) is 4.15. The highest BCUT2D eigenvalue weighted by atomic mass is 32.2. The van der Waals surface area contributed by atoms with Gasteiger partial charge in [-0.1, -0.05) is 6.07 Å². The van der Waals surface area contributed by atoms with E-state index >= 15 is 0 Å². The number of rotatable bonds is 6. The first-order valence-electron chi connectivity index (χ1n) is 7.49. The predicted molar refractivity (Wildman–Crippen MR) is 85.0 cm³/mol. The zero-order chi connectivity index (χ0) is 16.0. The van der Waals surface area contributed by atoms with Crippen LogP contribution in [0.2, 0.25) is 0 Å². The molecule has 0 unspecified atom stereocenters. The van der Waals surface area contributed by atoms with Gasteiger partial charge in [-0.15, -0.1) is 0 Å². The lowest BCUT2D eigenvalue weighted by Gasteiger charge is -2.23. The van der Waals surface area contributed by atoms with E-state index in [0.717, 1.165) is 5.56 Å². The predicted octanol–water partition coefficient (Wildman–Crippen LogP) is 0.454. The molecule has 1 aromatic rings. The second-order valence-corrected chi connectivity index (χ2v) is 8.24. The quantitative estimate of drug-likeness (QED) is 0.822. The minimum absolute atomic E-state index is 0.0279. The average molecular weight is 325 g/mol. The summed E-state index contributed by atoms with van der Waals surface area (Å²) in [4.78, 5) is 17.9. The van der Waals surface area contributed by atoms with Crippen LogP contribution in [0.3, 0.4) is 0 Å². The number of amides is 1. The van der Waals surface area contributed by atoms with Gasteiger partial charge in [-0.25, -0.2) is 8.42 Å². The fraction of sp³-hybridized carbons (Fsp3) is 0.600. The van der Waals surface area contributed by atoms with Crippen molar-refractivity contribution in [3.8, 4) is 0 Å². The second-order valence-electron chi connectivity index (χ2n) is 5.93. The van der Waals surface area contributed by atoms with Crippen molar-refractivity contribution in [3.63, 3.8) is 0 Å². The smallest absolute Gasteiger partial charge is 0.234 e. The molecule has 2 heterocycles. The maximum atomic E-state index is 11.9. The fourth-order valence-electron chi connectivity index (χ4n) is 2.56. The molecule has 122 valence electrons. The molecular weight excluding hydrogens is 302 g/mol. The Labute approximate surface area is 131 Å². The van der Waals surface area contributed by atoms with Crippen LogP contribution in [0.15, 0.2) is 24.5 Å². The molecule has 1 N–H and O–H groups in total. The molecule has 1 fully saturated rings. The molecular formula is C15H23N3O3S. The van der Waals surface area contributed by atoms with Crippen LogP contribution >= 0.6 is 0 Å². The second kappa shape index (κ2) is 7.69. The number of sulfone groups is 1. The monoisotopic (exact) mass is 325 g/mol. The summed E-state index contributed by atoms with van der Waals surface area (Å²) < 4.78 is 22.7. The molecule has 1 saturated heterocycles. The van der Waals surface area contributed by atoms with Gasteiger partial charge in [0.15, 0.2) is 0 Å². The van der Waals surface area contributed by atoms with Crippen molar-refractivity contribution in [1.82, 2.24) is 15.2 Å². The molecule has 0 aliphatic carbocycles. The highest BCUT2D eigenvalue weighted by Gasteiger charge is 2.23. The molecule has 6 nitrogen and oxygen atoms in total. The van der Waals surface area contributed by atoms with E-state index in [-0.39, 0.29) is 23.3 Å². The number of nitrogens with zero attached hydrogens (tertiary/aromatic N) is 2. The molecule has 0 bridgehead atoms. The summed E-state index contributed by atoms with van der Waals surface area (Å²) in [6.45, 7) is 1.55. The average Bonchev–Trinajstić information content (AvgIpc) is 2.47. The first kappa shape index (κ1) is 16.9. The van der Waals surface area contributed by atoms with Crippen molar-refractivity contribution < 1.29 is 13.2 Å². The van der Waals surface area contributed by atoms with E-state index in [1.165, 1.54) is 0 Å². The standard InChI is InChI=1S/C15H23N3O3S/c1-18(11-14-3-2-6-16-9-14)12-15(19)17-10-13-4-7-22(20,21)8-5-13/h2-3,6,9,13H,4-5,7-8,10-12H2,1H3,(H,17,19). The van der Waals surface area contributed by atoms with Gasteiger partial charge in [0, 0.05) is 25.5 Å². The minimum atomic E-state index is -2.83. The van der Waals surface area contributed by atoms with Crippen LogP contribution in [0.25, 0.3) is 0 Å². The highest BCUT2D eigenvalue weighted by Crippen LogP contribution is 2.17. The SMILES string of the molecule is CN(CC(=O)NCC1CCS(=O)(=O)CC1)Cc1cccnc1. The maximum Gasteiger partial charge on any atom is 0.234 e. The van der Waals surface area contributed by atoms with E-state index in [2.05, 4.69) is 10.3 Å². The Morgan fingerprint density at radius 3 is 2.77 bits per heavy atom. The lowest BCUT2D eigenvalue weighted by molar-refractivity contribution is -0.122. The van der Waals surface area contributed by atoms with E-state index in [4.69, 9.17) is 0 Å². The number of aromatic nitrogens is 1. The van der Waals surface area contributed by atoms with Crippen LogP contribution in [-0.4, -0.2) is 55.9 Å². The normalized spacial score (nSPS) is 18.3. The number of hydrogen-bond acceptors (Lipinski definition) is 5. The Bertz CT molecular complexity index is 575. The van der Waals surface area contributed by atoms with Crippen molar-refractivity contribution >= 4 is 15.7 Å². The van der Waals surface area contributed by atoms with Gasteiger partial charge < -0.3 is 5.32 Å². The van der Waals surface area contributed by atoms with Gasteiger partial charge in [0.25, 0.3) is 0 Å². The molecule has 1 aliphatic rings. The van der Waals surface area contributed by atoms with Gasteiger partial charge in [0.2, 0.25) is 5.91 Å². The van der Waals surface area contributed by atoms with Gasteiger partial charge in [-0.3, -0.25) is 14.7 Å². The third-order valence-electron chi connectivity index (χ3n) is 3.85. The number of carbonyl (C=O) groups excluding carboxylic acids is 1. The molecule has 7 heteroatoms. The van der Waals surface area contributed by atoms with Crippen molar-refractivity contribution in [2.24, 2.45) is 5.92 Å². The maximum absolute atomic E-state index is 11.9. The molecule has 1 aliphatic heterocycles. The van der Waals surface area contributed by atoms with E-state index in [9.17, 15) is 13.2 Å². The molecule has 0 saturated carbocycles. The van der Waals surface area contributed by atoms with Crippen molar-refractivity contribution in [2.45, 2.75) is 19.4 Å². The molecule has 0 atom stereocenters. The summed E-state index contributed by atoms with van der Waals surface area (Å²) in [6, 6.07) is 3.85. The lowest BCUT2D eigenvalue weighted by Crippen LogP contribution is -2.39. The van der Waals surface area contributed by atoms with Crippen LogP contribution in [0.4, 0.5) is 0 Å². The Kier molecular flexibility index (Phi) is 5.90. The number of pyridine rings is 1. The molecule has 0 aromatic carbocycles. The van der Waals surface area contributed by atoms with E-state index in [1.807, 2.05) is 24.1 Å². The molecule has 0 radical (unpaired) electrons.